The second kappa shape index (κ2) is 7.91. The zero-order valence-corrected chi connectivity index (χ0v) is 17.8. The standard InChI is InChI=1S/C20H31BFNO5/c1-13(2)11-20(7,26-17(23)24)12-25-16-9-8-14(10-15(16)22)21-27-18(3,4)19(5,6)28-21/h8-10,13H,11-12H2,1-7H3,(H2,23,24)/t20-/m0/s1. The lowest BCUT2D eigenvalue weighted by atomic mass is 9.79. The number of benzene rings is 1. The monoisotopic (exact) mass is 395 g/mol. The lowest BCUT2D eigenvalue weighted by Crippen LogP contribution is -2.41. The Morgan fingerprint density at radius 1 is 1.25 bits per heavy atom. The number of amides is 1. The van der Waals surface area contributed by atoms with Crippen molar-refractivity contribution in [2.24, 2.45) is 11.7 Å². The first-order valence-corrected chi connectivity index (χ1v) is 9.51. The third kappa shape index (κ3) is 5.17. The minimum Gasteiger partial charge on any atom is -0.486 e. The van der Waals surface area contributed by atoms with Gasteiger partial charge in [-0.15, -0.1) is 0 Å². The van der Waals surface area contributed by atoms with Crippen LogP contribution in [0.4, 0.5) is 9.18 Å². The number of carbonyl (C=O) groups excluding carboxylic acids is 1. The molecule has 2 N–H and O–H groups in total. The largest absolute Gasteiger partial charge is 0.494 e. The van der Waals surface area contributed by atoms with Crippen molar-refractivity contribution in [3.05, 3.63) is 24.0 Å². The van der Waals surface area contributed by atoms with E-state index in [1.807, 2.05) is 41.5 Å². The second-order valence-corrected chi connectivity index (χ2v) is 9.04. The molecule has 156 valence electrons. The molecule has 1 amide bonds. The molecular formula is C20H31BFNO5. The molecule has 1 aromatic rings. The predicted octanol–water partition coefficient (Wildman–Crippen LogP) is 3.40. The number of primary amides is 1. The zero-order valence-electron chi connectivity index (χ0n) is 17.8. The van der Waals surface area contributed by atoms with E-state index in [9.17, 15) is 9.18 Å². The van der Waals surface area contributed by atoms with Gasteiger partial charge in [0.15, 0.2) is 11.6 Å². The van der Waals surface area contributed by atoms with Crippen LogP contribution in [0.15, 0.2) is 18.2 Å². The molecular weight excluding hydrogens is 364 g/mol. The maximum Gasteiger partial charge on any atom is 0.494 e. The average molecular weight is 395 g/mol. The molecule has 0 unspecified atom stereocenters. The summed E-state index contributed by atoms with van der Waals surface area (Å²) in [6.07, 6.45) is -0.354. The highest BCUT2D eigenvalue weighted by Crippen LogP contribution is 2.36. The molecule has 28 heavy (non-hydrogen) atoms. The Labute approximate surface area is 167 Å². The lowest BCUT2D eigenvalue weighted by Gasteiger charge is -2.32. The third-order valence-corrected chi connectivity index (χ3v) is 5.20. The van der Waals surface area contributed by atoms with E-state index in [-0.39, 0.29) is 18.3 Å². The molecule has 0 aromatic heterocycles. The van der Waals surface area contributed by atoms with Crippen LogP contribution in [0.3, 0.4) is 0 Å². The summed E-state index contributed by atoms with van der Waals surface area (Å²) in [6, 6.07) is 4.57. The highest BCUT2D eigenvalue weighted by atomic mass is 19.1. The van der Waals surface area contributed by atoms with E-state index in [2.05, 4.69) is 0 Å². The van der Waals surface area contributed by atoms with Gasteiger partial charge in [0.25, 0.3) is 0 Å². The lowest BCUT2D eigenvalue weighted by molar-refractivity contribution is -0.0193. The van der Waals surface area contributed by atoms with Crippen molar-refractivity contribution >= 4 is 18.7 Å². The highest BCUT2D eigenvalue weighted by molar-refractivity contribution is 6.62. The molecule has 0 saturated carbocycles. The van der Waals surface area contributed by atoms with Crippen molar-refractivity contribution in [3.63, 3.8) is 0 Å². The smallest absolute Gasteiger partial charge is 0.486 e. The van der Waals surface area contributed by atoms with Crippen LogP contribution in [-0.2, 0) is 14.0 Å². The molecule has 1 aromatic carbocycles. The Bertz CT molecular complexity index is 709. The predicted molar refractivity (Wildman–Crippen MR) is 106 cm³/mol. The number of hydrogen-bond acceptors (Lipinski definition) is 5. The SMILES string of the molecule is CC(C)C[C@@](C)(COc1ccc(B2OC(C)(C)C(C)(C)O2)cc1F)OC(N)=O. The Morgan fingerprint density at radius 2 is 1.82 bits per heavy atom. The quantitative estimate of drug-likeness (QED) is 0.716. The van der Waals surface area contributed by atoms with E-state index < -0.39 is 35.8 Å². The van der Waals surface area contributed by atoms with Crippen molar-refractivity contribution in [1.82, 2.24) is 0 Å². The topological polar surface area (TPSA) is 80.0 Å². The van der Waals surface area contributed by atoms with Gasteiger partial charge in [-0.25, -0.2) is 9.18 Å². The Hall–Kier alpha value is -1.80. The number of rotatable bonds is 7. The normalized spacial score (nSPS) is 20.1. The second-order valence-electron chi connectivity index (χ2n) is 9.04. The molecule has 1 atom stereocenters. The summed E-state index contributed by atoms with van der Waals surface area (Å²) in [5.74, 6) is -0.245. The number of halogens is 1. The molecule has 2 rings (SSSR count). The molecule has 1 saturated heterocycles. The van der Waals surface area contributed by atoms with Crippen LogP contribution in [0.1, 0.15) is 54.9 Å². The number of ether oxygens (including phenoxy) is 2. The van der Waals surface area contributed by atoms with Gasteiger partial charge in [-0.2, -0.15) is 0 Å². The molecule has 1 aliphatic heterocycles. The molecule has 6 nitrogen and oxygen atoms in total. The molecule has 0 aliphatic carbocycles. The molecule has 0 spiro atoms. The minimum atomic E-state index is -0.948. The van der Waals surface area contributed by atoms with E-state index in [0.29, 0.717) is 11.9 Å². The third-order valence-electron chi connectivity index (χ3n) is 5.20. The van der Waals surface area contributed by atoms with Crippen LogP contribution in [0.2, 0.25) is 0 Å². The van der Waals surface area contributed by atoms with Crippen molar-refractivity contribution < 1.29 is 28.0 Å². The molecule has 1 heterocycles. The van der Waals surface area contributed by atoms with E-state index in [1.165, 1.54) is 12.1 Å². The molecule has 1 fully saturated rings. The van der Waals surface area contributed by atoms with Gasteiger partial charge in [0.1, 0.15) is 12.2 Å². The number of carbonyl (C=O) groups is 1. The summed E-state index contributed by atoms with van der Waals surface area (Å²) in [6.45, 7) is 13.4. The van der Waals surface area contributed by atoms with Crippen LogP contribution < -0.4 is 15.9 Å². The number of hydrogen-bond donors (Lipinski definition) is 1. The Balaban J connectivity index is 2.11. The fourth-order valence-corrected chi connectivity index (χ4v) is 3.23. The fourth-order valence-electron chi connectivity index (χ4n) is 3.23. The summed E-state index contributed by atoms with van der Waals surface area (Å²) < 4.78 is 37.3. The van der Waals surface area contributed by atoms with Gasteiger partial charge in [0, 0.05) is 0 Å². The van der Waals surface area contributed by atoms with E-state index in [1.54, 1.807) is 13.0 Å². The van der Waals surface area contributed by atoms with Gasteiger partial charge in [-0.1, -0.05) is 19.9 Å². The van der Waals surface area contributed by atoms with Crippen molar-refractivity contribution in [2.45, 2.75) is 71.7 Å². The summed E-state index contributed by atoms with van der Waals surface area (Å²) in [5.41, 5.74) is 3.78. The van der Waals surface area contributed by atoms with Crippen molar-refractivity contribution in [2.75, 3.05) is 6.61 Å². The van der Waals surface area contributed by atoms with E-state index in [0.717, 1.165) is 0 Å². The van der Waals surface area contributed by atoms with Crippen LogP contribution in [0, 0.1) is 11.7 Å². The zero-order chi connectivity index (χ0) is 21.3. The fraction of sp³-hybridized carbons (Fsp3) is 0.650. The molecule has 0 radical (unpaired) electrons. The van der Waals surface area contributed by atoms with E-state index in [4.69, 9.17) is 24.5 Å². The summed E-state index contributed by atoms with van der Waals surface area (Å²) >= 11 is 0. The average Bonchev–Trinajstić information content (AvgIpc) is 2.72. The molecule has 1 aliphatic rings. The molecule has 0 bridgehead atoms. The van der Waals surface area contributed by atoms with Gasteiger partial charge in [-0.3, -0.25) is 0 Å². The van der Waals surface area contributed by atoms with Crippen molar-refractivity contribution in [1.29, 1.82) is 0 Å². The first kappa shape index (κ1) is 22.5. The van der Waals surface area contributed by atoms with Crippen LogP contribution in [0.25, 0.3) is 0 Å². The summed E-state index contributed by atoms with van der Waals surface area (Å²) in [5, 5.41) is 0. The van der Waals surface area contributed by atoms with Gasteiger partial charge in [0.2, 0.25) is 0 Å². The molecule has 8 heteroatoms. The Morgan fingerprint density at radius 3 is 2.29 bits per heavy atom. The van der Waals surface area contributed by atoms with Crippen molar-refractivity contribution in [3.8, 4) is 5.75 Å². The first-order chi connectivity index (χ1) is 12.7. The van der Waals surface area contributed by atoms with Crippen LogP contribution in [-0.4, -0.2) is 36.6 Å². The van der Waals surface area contributed by atoms with Gasteiger partial charge in [0.05, 0.1) is 11.2 Å². The maximum absolute atomic E-state index is 14.6. The van der Waals surface area contributed by atoms with E-state index >= 15 is 0 Å². The van der Waals surface area contributed by atoms with Gasteiger partial charge < -0.3 is 24.5 Å². The Kier molecular flexibility index (Phi) is 6.36. The van der Waals surface area contributed by atoms with Crippen LogP contribution >= 0.6 is 0 Å². The first-order valence-electron chi connectivity index (χ1n) is 9.51. The van der Waals surface area contributed by atoms with Gasteiger partial charge >= 0.3 is 13.2 Å². The van der Waals surface area contributed by atoms with Crippen LogP contribution in [0.5, 0.6) is 5.75 Å². The van der Waals surface area contributed by atoms with Gasteiger partial charge in [-0.05, 0) is 64.6 Å². The maximum atomic E-state index is 14.6. The minimum absolute atomic E-state index is 0.0130. The summed E-state index contributed by atoms with van der Waals surface area (Å²) in [4.78, 5) is 11.2. The number of nitrogens with two attached hydrogens (primary N) is 1. The summed E-state index contributed by atoms with van der Waals surface area (Å²) in [7, 11) is -0.655. The highest BCUT2D eigenvalue weighted by Gasteiger charge is 2.51.